The summed E-state index contributed by atoms with van der Waals surface area (Å²) in [5.74, 6) is 0.552. The summed E-state index contributed by atoms with van der Waals surface area (Å²) in [5, 5.41) is 0. The molecular weight excluding hydrogens is 230 g/mol. The molecule has 2 N–H and O–H groups in total. The second-order valence-corrected chi connectivity index (χ2v) is 3.57. The molecule has 0 fully saturated rings. The van der Waals surface area contributed by atoms with Crippen molar-refractivity contribution in [2.75, 3.05) is 6.54 Å². The highest BCUT2D eigenvalue weighted by Crippen LogP contribution is 2.09. The van der Waals surface area contributed by atoms with Gasteiger partial charge in [0.25, 0.3) is 0 Å². The predicted octanol–water partition coefficient (Wildman–Crippen LogP) is 1.96. The first kappa shape index (κ1) is 10.2. The third-order valence-electron chi connectivity index (χ3n) is 1.51. The van der Waals surface area contributed by atoms with E-state index < -0.39 is 0 Å². The summed E-state index contributed by atoms with van der Waals surface area (Å²) in [6, 6.07) is 1.90. The van der Waals surface area contributed by atoms with E-state index >= 15 is 0 Å². The van der Waals surface area contributed by atoms with Gasteiger partial charge in [-0.1, -0.05) is 6.92 Å². The number of amidine groups is 1. The van der Waals surface area contributed by atoms with Gasteiger partial charge in [-0.05, 0) is 28.4 Å². The van der Waals surface area contributed by atoms with Crippen LogP contribution in [0.5, 0.6) is 0 Å². The molecule has 0 saturated heterocycles. The Balaban J connectivity index is 2.82. The van der Waals surface area contributed by atoms with Crippen molar-refractivity contribution in [3.8, 4) is 0 Å². The first-order chi connectivity index (χ1) is 6.24. The molecule has 0 radical (unpaired) electrons. The van der Waals surface area contributed by atoms with E-state index in [4.69, 9.17) is 5.73 Å². The van der Waals surface area contributed by atoms with Crippen LogP contribution < -0.4 is 5.73 Å². The van der Waals surface area contributed by atoms with Gasteiger partial charge >= 0.3 is 0 Å². The van der Waals surface area contributed by atoms with E-state index in [-0.39, 0.29) is 0 Å². The molecule has 0 aliphatic carbocycles. The number of nitrogens with two attached hydrogens (primary N) is 1. The van der Waals surface area contributed by atoms with Gasteiger partial charge < -0.3 is 5.73 Å². The molecule has 1 aromatic heterocycles. The molecule has 1 heterocycles. The summed E-state index contributed by atoms with van der Waals surface area (Å²) in [4.78, 5) is 8.19. The van der Waals surface area contributed by atoms with Crippen molar-refractivity contribution < 1.29 is 0 Å². The van der Waals surface area contributed by atoms with E-state index in [1.807, 2.05) is 6.07 Å². The molecule has 13 heavy (non-hydrogen) atoms. The van der Waals surface area contributed by atoms with Crippen LogP contribution in [0.3, 0.4) is 0 Å². The minimum absolute atomic E-state index is 0.552. The molecule has 1 aromatic rings. The van der Waals surface area contributed by atoms with E-state index in [0.717, 1.165) is 23.0 Å². The monoisotopic (exact) mass is 241 g/mol. The molecule has 0 aliphatic heterocycles. The average molecular weight is 242 g/mol. The van der Waals surface area contributed by atoms with Crippen molar-refractivity contribution in [1.82, 2.24) is 4.98 Å². The molecule has 0 atom stereocenters. The SMILES string of the molecule is CCCN=C(N)c1cncc(Br)c1. The van der Waals surface area contributed by atoms with E-state index in [9.17, 15) is 0 Å². The zero-order valence-electron chi connectivity index (χ0n) is 7.50. The Morgan fingerprint density at radius 2 is 2.38 bits per heavy atom. The lowest BCUT2D eigenvalue weighted by Crippen LogP contribution is -2.14. The Kier molecular flexibility index (Phi) is 3.89. The van der Waals surface area contributed by atoms with Crippen LogP contribution in [0.25, 0.3) is 0 Å². The lowest BCUT2D eigenvalue weighted by Gasteiger charge is -1.99. The number of aromatic nitrogens is 1. The largest absolute Gasteiger partial charge is 0.383 e. The zero-order chi connectivity index (χ0) is 9.68. The second kappa shape index (κ2) is 4.97. The fourth-order valence-corrected chi connectivity index (χ4v) is 1.24. The Morgan fingerprint density at radius 3 is 3.00 bits per heavy atom. The zero-order valence-corrected chi connectivity index (χ0v) is 9.08. The van der Waals surface area contributed by atoms with E-state index in [1.165, 1.54) is 0 Å². The maximum atomic E-state index is 5.74. The van der Waals surface area contributed by atoms with Crippen LogP contribution in [0.1, 0.15) is 18.9 Å². The molecular formula is C9H12BrN3. The highest BCUT2D eigenvalue weighted by Gasteiger charge is 1.98. The van der Waals surface area contributed by atoms with Crippen molar-refractivity contribution >= 4 is 21.8 Å². The maximum Gasteiger partial charge on any atom is 0.127 e. The second-order valence-electron chi connectivity index (χ2n) is 2.66. The standard InChI is InChI=1S/C9H12BrN3/c1-2-3-13-9(11)7-4-8(10)6-12-5-7/h4-6H,2-3H2,1H3,(H2,11,13). The van der Waals surface area contributed by atoms with Gasteiger partial charge in [-0.25, -0.2) is 0 Å². The van der Waals surface area contributed by atoms with Gasteiger partial charge in [-0.3, -0.25) is 9.98 Å². The Morgan fingerprint density at radius 1 is 1.62 bits per heavy atom. The number of rotatable bonds is 3. The summed E-state index contributed by atoms with van der Waals surface area (Å²) < 4.78 is 0.916. The van der Waals surface area contributed by atoms with Gasteiger partial charge in [0.1, 0.15) is 5.84 Å². The van der Waals surface area contributed by atoms with Crippen molar-refractivity contribution in [3.63, 3.8) is 0 Å². The van der Waals surface area contributed by atoms with Crippen LogP contribution in [-0.4, -0.2) is 17.4 Å². The highest BCUT2D eigenvalue weighted by molar-refractivity contribution is 9.10. The number of halogens is 1. The van der Waals surface area contributed by atoms with Crippen molar-refractivity contribution in [1.29, 1.82) is 0 Å². The minimum atomic E-state index is 0.552. The Labute approximate surface area is 86.2 Å². The van der Waals surface area contributed by atoms with Gasteiger partial charge in [0, 0.05) is 29.0 Å². The van der Waals surface area contributed by atoms with Crippen molar-refractivity contribution in [2.45, 2.75) is 13.3 Å². The van der Waals surface area contributed by atoms with Crippen molar-refractivity contribution in [3.05, 3.63) is 28.5 Å². The van der Waals surface area contributed by atoms with Crippen LogP contribution in [0.2, 0.25) is 0 Å². The normalized spacial score (nSPS) is 11.7. The molecule has 0 bridgehead atoms. The van der Waals surface area contributed by atoms with Crippen LogP contribution in [0, 0.1) is 0 Å². The van der Waals surface area contributed by atoms with Crippen LogP contribution >= 0.6 is 15.9 Å². The number of aliphatic imine (C=N–C) groups is 1. The molecule has 0 aliphatic rings. The fourth-order valence-electron chi connectivity index (χ4n) is 0.875. The van der Waals surface area contributed by atoms with Gasteiger partial charge in [0.2, 0.25) is 0 Å². The molecule has 4 heteroatoms. The van der Waals surface area contributed by atoms with E-state index in [2.05, 4.69) is 32.8 Å². The minimum Gasteiger partial charge on any atom is -0.383 e. The molecule has 0 unspecified atom stereocenters. The van der Waals surface area contributed by atoms with Crippen LogP contribution in [-0.2, 0) is 0 Å². The number of nitrogens with zero attached hydrogens (tertiary/aromatic N) is 2. The quantitative estimate of drug-likeness (QED) is 0.650. The van der Waals surface area contributed by atoms with E-state index in [1.54, 1.807) is 12.4 Å². The Hall–Kier alpha value is -0.900. The number of hydrogen-bond acceptors (Lipinski definition) is 2. The smallest absolute Gasteiger partial charge is 0.127 e. The molecule has 0 aromatic carbocycles. The van der Waals surface area contributed by atoms with Crippen LogP contribution in [0.15, 0.2) is 27.9 Å². The molecule has 0 spiro atoms. The number of pyridine rings is 1. The number of hydrogen-bond donors (Lipinski definition) is 1. The lowest BCUT2D eigenvalue weighted by molar-refractivity contribution is 0.930. The van der Waals surface area contributed by atoms with Gasteiger partial charge in [-0.2, -0.15) is 0 Å². The summed E-state index contributed by atoms with van der Waals surface area (Å²) in [6.45, 7) is 2.83. The molecule has 1 rings (SSSR count). The maximum absolute atomic E-state index is 5.74. The van der Waals surface area contributed by atoms with Crippen molar-refractivity contribution in [2.24, 2.45) is 10.7 Å². The van der Waals surface area contributed by atoms with Gasteiger partial charge in [-0.15, -0.1) is 0 Å². The summed E-state index contributed by atoms with van der Waals surface area (Å²) in [7, 11) is 0. The third-order valence-corrected chi connectivity index (χ3v) is 1.94. The Bertz CT molecular complexity index is 309. The molecule has 0 amide bonds. The topological polar surface area (TPSA) is 51.3 Å². The summed E-state index contributed by atoms with van der Waals surface area (Å²) >= 11 is 3.33. The first-order valence-electron chi connectivity index (χ1n) is 4.15. The first-order valence-corrected chi connectivity index (χ1v) is 4.94. The van der Waals surface area contributed by atoms with Gasteiger partial charge in [0.05, 0.1) is 0 Å². The average Bonchev–Trinajstić information content (AvgIpc) is 2.14. The fraction of sp³-hybridized carbons (Fsp3) is 0.333. The molecule has 3 nitrogen and oxygen atoms in total. The van der Waals surface area contributed by atoms with Gasteiger partial charge in [0.15, 0.2) is 0 Å². The highest BCUT2D eigenvalue weighted by atomic mass is 79.9. The predicted molar refractivity (Wildman–Crippen MR) is 57.8 cm³/mol. The lowest BCUT2D eigenvalue weighted by atomic mass is 10.3. The molecule has 70 valence electrons. The van der Waals surface area contributed by atoms with Crippen LogP contribution in [0.4, 0.5) is 0 Å². The molecule has 0 saturated carbocycles. The third kappa shape index (κ3) is 3.14. The van der Waals surface area contributed by atoms with E-state index in [0.29, 0.717) is 5.84 Å². The summed E-state index contributed by atoms with van der Waals surface area (Å²) in [6.07, 6.45) is 4.43. The summed E-state index contributed by atoms with van der Waals surface area (Å²) in [5.41, 5.74) is 6.60.